The fourth-order valence-corrected chi connectivity index (χ4v) is 3.32. The number of methoxy groups -OCH3 is 1. The van der Waals surface area contributed by atoms with Crippen molar-refractivity contribution in [2.75, 3.05) is 13.7 Å². The van der Waals surface area contributed by atoms with Gasteiger partial charge in [0.25, 0.3) is 0 Å². The number of nitrogens with one attached hydrogen (secondary N) is 2. The van der Waals surface area contributed by atoms with E-state index in [4.69, 9.17) is 16.9 Å². The predicted octanol–water partition coefficient (Wildman–Crippen LogP) is 1.00. The maximum absolute atomic E-state index is 13.8. The highest BCUT2D eigenvalue weighted by atomic mass is 16.6. The lowest BCUT2D eigenvalue weighted by Gasteiger charge is -2.37. The number of alkyl carbamates (subject to hydrolysis) is 1. The number of nitrogens with two attached hydrogens (primary N) is 1. The molecule has 0 saturated carbocycles. The smallest absolute Gasteiger partial charge is 0.408 e. The van der Waals surface area contributed by atoms with Gasteiger partial charge in [-0.2, -0.15) is 0 Å². The second kappa shape index (κ2) is 13.1. The summed E-state index contributed by atoms with van der Waals surface area (Å²) in [6, 6.07) is 3.11. The fourth-order valence-electron chi connectivity index (χ4n) is 3.32. The Bertz CT molecular complexity index is 1020. The average Bonchev–Trinajstić information content (AvgIpc) is 2.77. The zero-order valence-corrected chi connectivity index (χ0v) is 21.4. The highest BCUT2D eigenvalue weighted by Crippen LogP contribution is 2.28. The first-order valence-corrected chi connectivity index (χ1v) is 11.2. The van der Waals surface area contributed by atoms with Gasteiger partial charge in [-0.05, 0) is 46.2 Å². The maximum atomic E-state index is 13.8. The zero-order valence-electron chi connectivity index (χ0n) is 21.4. The minimum Gasteiger partial charge on any atom is -0.468 e. The highest BCUT2D eigenvalue weighted by molar-refractivity contribution is 5.95. The number of hydrogen-bond donors (Lipinski definition) is 3. The van der Waals surface area contributed by atoms with Gasteiger partial charge in [0.2, 0.25) is 17.7 Å². The highest BCUT2D eigenvalue weighted by Gasteiger charge is 2.39. The van der Waals surface area contributed by atoms with Gasteiger partial charge in [0.1, 0.15) is 24.2 Å². The fraction of sp³-hybridized carbons (Fsp3) is 0.480. The molecular formula is C25H34N4O7. The van der Waals surface area contributed by atoms with E-state index in [1.807, 2.05) is 0 Å². The van der Waals surface area contributed by atoms with Crippen LogP contribution in [0.25, 0.3) is 0 Å². The van der Waals surface area contributed by atoms with E-state index in [1.165, 1.54) is 12.0 Å². The molecule has 0 radical (unpaired) electrons. The van der Waals surface area contributed by atoms with E-state index in [9.17, 15) is 24.0 Å². The molecule has 1 rings (SSSR count). The Morgan fingerprint density at radius 3 is 2.25 bits per heavy atom. The molecular weight excluding hydrogens is 468 g/mol. The van der Waals surface area contributed by atoms with Crippen LogP contribution in [-0.4, -0.2) is 66.0 Å². The lowest BCUT2D eigenvalue weighted by atomic mass is 9.96. The average molecular weight is 503 g/mol. The number of esters is 1. The van der Waals surface area contributed by atoms with Gasteiger partial charge in [0.15, 0.2) is 0 Å². The molecule has 0 heterocycles. The number of terminal acetylenes is 1. The third kappa shape index (κ3) is 8.94. The van der Waals surface area contributed by atoms with Gasteiger partial charge in [0, 0.05) is 11.6 Å². The summed E-state index contributed by atoms with van der Waals surface area (Å²) in [4.78, 5) is 64.1. The molecule has 36 heavy (non-hydrogen) atoms. The summed E-state index contributed by atoms with van der Waals surface area (Å²) >= 11 is 0. The molecule has 0 bridgehead atoms. The minimum atomic E-state index is -1.44. The molecule has 1 aromatic carbocycles. The molecule has 4 amide bonds. The number of ether oxygens (including phenoxy) is 2. The van der Waals surface area contributed by atoms with Crippen LogP contribution in [0.15, 0.2) is 24.3 Å². The Hall–Kier alpha value is -4.07. The number of amides is 4. The van der Waals surface area contributed by atoms with Gasteiger partial charge in [-0.1, -0.05) is 24.1 Å². The Kier molecular flexibility index (Phi) is 10.9. The van der Waals surface area contributed by atoms with Crippen LogP contribution < -0.4 is 16.4 Å². The first-order valence-electron chi connectivity index (χ1n) is 11.2. The number of benzene rings is 1. The molecule has 0 spiro atoms. The van der Waals surface area contributed by atoms with Crippen molar-refractivity contribution in [3.05, 3.63) is 35.4 Å². The molecule has 1 aromatic rings. The van der Waals surface area contributed by atoms with Gasteiger partial charge in [-0.15, -0.1) is 6.42 Å². The molecule has 0 aliphatic heterocycles. The van der Waals surface area contributed by atoms with E-state index in [0.29, 0.717) is 11.1 Å². The summed E-state index contributed by atoms with van der Waals surface area (Å²) in [5, 5.41) is 4.82. The lowest BCUT2D eigenvalue weighted by Crippen LogP contribution is -2.56. The molecule has 0 aliphatic rings. The maximum Gasteiger partial charge on any atom is 0.408 e. The monoisotopic (exact) mass is 502 g/mol. The van der Waals surface area contributed by atoms with Crippen LogP contribution in [0.4, 0.5) is 4.79 Å². The van der Waals surface area contributed by atoms with E-state index in [-0.39, 0.29) is 0 Å². The van der Waals surface area contributed by atoms with Crippen molar-refractivity contribution in [2.45, 2.75) is 64.8 Å². The Balaban J connectivity index is 3.55. The van der Waals surface area contributed by atoms with E-state index >= 15 is 0 Å². The van der Waals surface area contributed by atoms with Gasteiger partial charge in [0.05, 0.1) is 13.5 Å². The van der Waals surface area contributed by atoms with Gasteiger partial charge in [-0.25, -0.2) is 4.79 Å². The Morgan fingerprint density at radius 2 is 1.75 bits per heavy atom. The lowest BCUT2D eigenvalue weighted by molar-refractivity contribution is -0.146. The summed E-state index contributed by atoms with van der Waals surface area (Å²) in [7, 11) is 1.17. The summed E-state index contributed by atoms with van der Waals surface area (Å²) in [6.07, 6.45) is 4.15. The first-order chi connectivity index (χ1) is 16.7. The molecule has 0 saturated heterocycles. The third-order valence-corrected chi connectivity index (χ3v) is 4.78. The van der Waals surface area contributed by atoms with Crippen LogP contribution in [-0.2, 0) is 28.7 Å². The number of carbonyl (C=O) groups excluding carboxylic acids is 5. The molecule has 11 heteroatoms. The van der Waals surface area contributed by atoms with Gasteiger partial charge < -0.3 is 30.7 Å². The van der Waals surface area contributed by atoms with E-state index in [2.05, 4.69) is 21.3 Å². The quantitative estimate of drug-likeness (QED) is 0.318. The van der Waals surface area contributed by atoms with Crippen molar-refractivity contribution < 1.29 is 33.4 Å². The van der Waals surface area contributed by atoms with Crippen molar-refractivity contribution >= 4 is 29.8 Å². The largest absolute Gasteiger partial charge is 0.468 e. The number of rotatable bonds is 10. The number of carbonyl (C=O) groups is 5. The molecule has 0 fully saturated rings. The zero-order chi connectivity index (χ0) is 27.6. The van der Waals surface area contributed by atoms with Crippen molar-refractivity contribution in [1.29, 1.82) is 0 Å². The molecule has 11 nitrogen and oxygen atoms in total. The molecule has 0 aliphatic carbocycles. The summed E-state index contributed by atoms with van der Waals surface area (Å²) in [6.45, 7) is 7.74. The van der Waals surface area contributed by atoms with Crippen molar-refractivity contribution in [3.63, 3.8) is 0 Å². The SMILES string of the molecule is C#Cc1ccccc1C(C(=O)NCC(=O)OC)N(C(=O)C(CC(N)=O)NC(=O)OC(C)(C)C)C(C)C. The summed E-state index contributed by atoms with van der Waals surface area (Å²) < 4.78 is 9.79. The second-order valence-electron chi connectivity index (χ2n) is 9.14. The summed E-state index contributed by atoms with van der Waals surface area (Å²) in [5.74, 6) is -0.573. The van der Waals surface area contributed by atoms with Crippen LogP contribution in [0.1, 0.15) is 58.2 Å². The molecule has 196 valence electrons. The van der Waals surface area contributed by atoms with Gasteiger partial charge >= 0.3 is 12.1 Å². The van der Waals surface area contributed by atoms with Crippen LogP contribution in [0.5, 0.6) is 0 Å². The van der Waals surface area contributed by atoms with Crippen molar-refractivity contribution in [2.24, 2.45) is 5.73 Å². The van der Waals surface area contributed by atoms with Gasteiger partial charge in [-0.3, -0.25) is 19.2 Å². The third-order valence-electron chi connectivity index (χ3n) is 4.78. The normalized spacial score (nSPS) is 12.5. The second-order valence-corrected chi connectivity index (χ2v) is 9.14. The Morgan fingerprint density at radius 1 is 1.14 bits per heavy atom. The number of hydrogen-bond acceptors (Lipinski definition) is 7. The van der Waals surface area contributed by atoms with Crippen LogP contribution in [0, 0.1) is 12.3 Å². The van der Waals surface area contributed by atoms with E-state index < -0.39 is 66.5 Å². The number of nitrogens with zero attached hydrogens (tertiary/aromatic N) is 1. The van der Waals surface area contributed by atoms with Crippen LogP contribution in [0.2, 0.25) is 0 Å². The molecule has 4 N–H and O–H groups in total. The topological polar surface area (TPSA) is 157 Å². The number of primary amides is 1. The summed E-state index contributed by atoms with van der Waals surface area (Å²) in [5.41, 5.74) is 5.11. The van der Waals surface area contributed by atoms with Crippen molar-refractivity contribution in [3.8, 4) is 12.3 Å². The minimum absolute atomic E-state index is 0.305. The van der Waals surface area contributed by atoms with Crippen LogP contribution >= 0.6 is 0 Å². The Labute approximate surface area is 211 Å². The predicted molar refractivity (Wildman–Crippen MR) is 131 cm³/mol. The van der Waals surface area contributed by atoms with Crippen LogP contribution in [0.3, 0.4) is 0 Å². The first kappa shape index (κ1) is 30.0. The molecule has 2 unspecified atom stereocenters. The van der Waals surface area contributed by atoms with E-state index in [1.54, 1.807) is 58.9 Å². The standard InChI is InChI=1S/C25H34N4O7/c1-8-16-11-9-10-12-17(16)21(22(32)27-14-20(31)35-7)29(15(2)3)23(33)18(13-19(26)30)28-24(34)36-25(4,5)6/h1,9-12,15,18,21H,13-14H2,2-7H3,(H2,26,30)(H,27,32)(H,28,34). The molecule has 2 atom stereocenters. The molecule has 0 aromatic heterocycles. The van der Waals surface area contributed by atoms with Crippen molar-refractivity contribution in [1.82, 2.24) is 15.5 Å². The van der Waals surface area contributed by atoms with E-state index in [0.717, 1.165) is 0 Å².